The molecule has 104 valence electrons. The molecule has 0 bridgehead atoms. The summed E-state index contributed by atoms with van der Waals surface area (Å²) in [7, 11) is 0. The molecule has 20 heavy (non-hydrogen) atoms. The highest BCUT2D eigenvalue weighted by Crippen LogP contribution is 2.25. The molecule has 1 fully saturated rings. The van der Waals surface area contributed by atoms with Crippen LogP contribution in [0.1, 0.15) is 41.8 Å². The van der Waals surface area contributed by atoms with E-state index < -0.39 is 5.54 Å². The van der Waals surface area contributed by atoms with Crippen LogP contribution in [-0.2, 0) is 5.54 Å². The number of benzene rings is 1. The van der Waals surface area contributed by atoms with Gasteiger partial charge in [-0.2, -0.15) is 4.98 Å². The van der Waals surface area contributed by atoms with Gasteiger partial charge in [-0.05, 0) is 25.3 Å². The van der Waals surface area contributed by atoms with Crippen molar-refractivity contribution < 1.29 is 9.32 Å². The highest BCUT2D eigenvalue weighted by Gasteiger charge is 2.32. The van der Waals surface area contributed by atoms with Crippen LogP contribution < -0.4 is 11.1 Å². The van der Waals surface area contributed by atoms with E-state index in [0.29, 0.717) is 0 Å². The molecular weight excluding hydrogens is 256 g/mol. The lowest BCUT2D eigenvalue weighted by Crippen LogP contribution is -2.35. The van der Waals surface area contributed by atoms with Gasteiger partial charge in [-0.15, -0.1) is 0 Å². The van der Waals surface area contributed by atoms with Crippen LogP contribution in [0.4, 0.5) is 0 Å². The average molecular weight is 272 g/mol. The Bertz CT molecular complexity index is 617. The summed E-state index contributed by atoms with van der Waals surface area (Å²) in [6, 6.07) is 9.70. The lowest BCUT2D eigenvalue weighted by atomic mass is 9.93. The van der Waals surface area contributed by atoms with Gasteiger partial charge >= 0.3 is 0 Å². The zero-order valence-corrected chi connectivity index (χ0v) is 11.2. The van der Waals surface area contributed by atoms with E-state index in [1.54, 1.807) is 6.92 Å². The molecular formula is C14H16N4O2. The predicted octanol–water partition coefficient (Wildman–Crippen LogP) is 1.18. The van der Waals surface area contributed by atoms with Gasteiger partial charge in [0.15, 0.2) is 0 Å². The van der Waals surface area contributed by atoms with Crippen molar-refractivity contribution in [3.8, 4) is 0 Å². The second kappa shape index (κ2) is 4.72. The Balaban J connectivity index is 1.83. The Morgan fingerprint density at radius 2 is 2.10 bits per heavy atom. The number of nitrogens with two attached hydrogens (primary N) is 1. The van der Waals surface area contributed by atoms with Gasteiger partial charge in [-0.3, -0.25) is 4.79 Å². The van der Waals surface area contributed by atoms with Crippen LogP contribution in [-0.4, -0.2) is 22.1 Å². The fourth-order valence-corrected chi connectivity index (χ4v) is 1.91. The standard InChI is InChI=1S/C14H16N4O2/c1-14(15,9-5-3-2-4-6-9)13-17-11(18-20-13)12(19)16-10-7-8-10/h2-6,10H,7-8,15H2,1H3,(H,16,19). The van der Waals surface area contributed by atoms with Gasteiger partial charge in [0.05, 0.1) is 0 Å². The molecule has 1 unspecified atom stereocenters. The van der Waals surface area contributed by atoms with Crippen molar-refractivity contribution in [1.29, 1.82) is 0 Å². The van der Waals surface area contributed by atoms with E-state index >= 15 is 0 Å². The third-order valence-electron chi connectivity index (χ3n) is 3.36. The molecule has 6 heteroatoms. The van der Waals surface area contributed by atoms with Crippen molar-refractivity contribution in [2.45, 2.75) is 31.3 Å². The first-order valence-corrected chi connectivity index (χ1v) is 6.57. The van der Waals surface area contributed by atoms with E-state index in [9.17, 15) is 4.79 Å². The average Bonchev–Trinajstić information content (AvgIpc) is 3.11. The van der Waals surface area contributed by atoms with Crippen molar-refractivity contribution in [3.05, 3.63) is 47.6 Å². The maximum Gasteiger partial charge on any atom is 0.292 e. The summed E-state index contributed by atoms with van der Waals surface area (Å²) < 4.78 is 5.16. The van der Waals surface area contributed by atoms with Gasteiger partial charge in [-0.25, -0.2) is 0 Å². The molecule has 2 aromatic rings. The monoisotopic (exact) mass is 272 g/mol. The molecule has 0 spiro atoms. The Morgan fingerprint density at radius 1 is 1.40 bits per heavy atom. The van der Waals surface area contributed by atoms with Crippen LogP contribution in [0, 0.1) is 0 Å². The summed E-state index contributed by atoms with van der Waals surface area (Å²) in [6.07, 6.45) is 2.02. The van der Waals surface area contributed by atoms with Crippen LogP contribution in [0.25, 0.3) is 0 Å². The van der Waals surface area contributed by atoms with Crippen molar-refractivity contribution in [3.63, 3.8) is 0 Å². The molecule has 3 N–H and O–H groups in total. The summed E-state index contributed by atoms with van der Waals surface area (Å²) in [5, 5.41) is 6.52. The predicted molar refractivity (Wildman–Crippen MR) is 71.9 cm³/mol. The van der Waals surface area contributed by atoms with E-state index in [1.165, 1.54) is 0 Å². The molecule has 1 aromatic carbocycles. The molecule has 1 aromatic heterocycles. The number of carbonyl (C=O) groups excluding carboxylic acids is 1. The van der Waals surface area contributed by atoms with Gasteiger partial charge < -0.3 is 15.6 Å². The van der Waals surface area contributed by atoms with E-state index in [-0.39, 0.29) is 23.7 Å². The normalized spacial score (nSPS) is 17.5. The zero-order valence-electron chi connectivity index (χ0n) is 11.2. The molecule has 1 atom stereocenters. The van der Waals surface area contributed by atoms with Gasteiger partial charge in [0, 0.05) is 6.04 Å². The third kappa shape index (κ3) is 2.42. The largest absolute Gasteiger partial charge is 0.346 e. The Labute approximate surface area is 116 Å². The molecule has 1 amide bonds. The Hall–Kier alpha value is -2.21. The molecule has 6 nitrogen and oxygen atoms in total. The molecule has 1 heterocycles. The maximum atomic E-state index is 11.8. The van der Waals surface area contributed by atoms with Crippen LogP contribution in [0.15, 0.2) is 34.9 Å². The topological polar surface area (TPSA) is 94.0 Å². The lowest BCUT2D eigenvalue weighted by Gasteiger charge is -2.19. The number of nitrogens with one attached hydrogen (secondary N) is 1. The highest BCUT2D eigenvalue weighted by molar-refractivity contribution is 5.90. The summed E-state index contributed by atoms with van der Waals surface area (Å²) >= 11 is 0. The Kier molecular flexibility index (Phi) is 3.02. The second-order valence-corrected chi connectivity index (χ2v) is 5.24. The number of rotatable bonds is 4. The second-order valence-electron chi connectivity index (χ2n) is 5.24. The van der Waals surface area contributed by atoms with Crippen LogP contribution in [0.2, 0.25) is 0 Å². The smallest absolute Gasteiger partial charge is 0.292 e. The molecule has 0 saturated heterocycles. The number of amides is 1. The SMILES string of the molecule is CC(N)(c1ccccc1)c1nc(C(=O)NC2CC2)no1. The van der Waals surface area contributed by atoms with E-state index in [1.807, 2.05) is 30.3 Å². The minimum atomic E-state index is -0.924. The summed E-state index contributed by atoms with van der Waals surface area (Å²) in [5.74, 6) is -0.0597. The van der Waals surface area contributed by atoms with Crippen LogP contribution in [0.3, 0.4) is 0 Å². The minimum Gasteiger partial charge on any atom is -0.346 e. The first kappa shape index (κ1) is 12.8. The molecule has 1 aliphatic carbocycles. The van der Waals surface area contributed by atoms with Crippen molar-refractivity contribution in [1.82, 2.24) is 15.5 Å². The van der Waals surface area contributed by atoms with Crippen molar-refractivity contribution >= 4 is 5.91 Å². The van der Waals surface area contributed by atoms with Crippen LogP contribution >= 0.6 is 0 Å². The number of aromatic nitrogens is 2. The maximum absolute atomic E-state index is 11.8. The number of hydrogen-bond acceptors (Lipinski definition) is 5. The Morgan fingerprint density at radius 3 is 2.75 bits per heavy atom. The van der Waals surface area contributed by atoms with Gasteiger partial charge in [0.2, 0.25) is 0 Å². The highest BCUT2D eigenvalue weighted by atomic mass is 16.5. The molecule has 0 radical (unpaired) electrons. The number of carbonyl (C=O) groups is 1. The van der Waals surface area contributed by atoms with Crippen molar-refractivity contribution in [2.75, 3.05) is 0 Å². The molecule has 3 rings (SSSR count). The van der Waals surface area contributed by atoms with E-state index in [4.69, 9.17) is 10.3 Å². The van der Waals surface area contributed by atoms with Gasteiger partial charge in [0.1, 0.15) is 5.54 Å². The quantitative estimate of drug-likeness (QED) is 0.871. The third-order valence-corrected chi connectivity index (χ3v) is 3.36. The fourth-order valence-electron chi connectivity index (χ4n) is 1.91. The first-order chi connectivity index (χ1) is 9.57. The van der Waals surface area contributed by atoms with E-state index in [0.717, 1.165) is 18.4 Å². The van der Waals surface area contributed by atoms with Gasteiger partial charge in [-0.1, -0.05) is 35.5 Å². The fraction of sp³-hybridized carbons (Fsp3) is 0.357. The first-order valence-electron chi connectivity index (χ1n) is 6.57. The lowest BCUT2D eigenvalue weighted by molar-refractivity contribution is 0.0937. The molecule has 1 aliphatic rings. The van der Waals surface area contributed by atoms with Crippen LogP contribution in [0.5, 0.6) is 0 Å². The zero-order chi connectivity index (χ0) is 14.2. The van der Waals surface area contributed by atoms with E-state index in [2.05, 4.69) is 15.5 Å². The summed E-state index contributed by atoms with van der Waals surface area (Å²) in [6.45, 7) is 1.78. The molecule has 0 aliphatic heterocycles. The number of hydrogen-bond donors (Lipinski definition) is 2. The van der Waals surface area contributed by atoms with Crippen molar-refractivity contribution in [2.24, 2.45) is 5.73 Å². The number of nitrogens with zero attached hydrogens (tertiary/aromatic N) is 2. The molecule has 1 saturated carbocycles. The minimum absolute atomic E-state index is 0.0273. The van der Waals surface area contributed by atoms with Gasteiger partial charge in [0.25, 0.3) is 17.6 Å². The summed E-state index contributed by atoms with van der Waals surface area (Å²) in [5.41, 5.74) is 6.18. The summed E-state index contributed by atoms with van der Waals surface area (Å²) in [4.78, 5) is 16.0.